The van der Waals surface area contributed by atoms with Crippen LogP contribution >= 0.6 is 11.6 Å². The molecule has 0 spiro atoms. The van der Waals surface area contributed by atoms with Crippen molar-refractivity contribution in [3.05, 3.63) is 74.3 Å². The van der Waals surface area contributed by atoms with Gasteiger partial charge in [-0.2, -0.15) is 0 Å². The zero-order valence-electron chi connectivity index (χ0n) is 17.4. The van der Waals surface area contributed by atoms with Crippen molar-refractivity contribution >= 4 is 28.5 Å². The lowest BCUT2D eigenvalue weighted by molar-refractivity contribution is -0.132. The van der Waals surface area contributed by atoms with Gasteiger partial charge in [0.25, 0.3) is 0 Å². The van der Waals surface area contributed by atoms with Crippen LogP contribution in [0.1, 0.15) is 36.0 Å². The number of fused-ring (bicyclic) bond motifs is 1. The monoisotopic (exact) mass is 443 g/mol. The zero-order valence-corrected chi connectivity index (χ0v) is 18.2. The molecule has 7 heteroatoms. The Hall–Kier alpha value is -2.86. The van der Waals surface area contributed by atoms with Crippen LogP contribution in [-0.4, -0.2) is 24.0 Å². The fourth-order valence-electron chi connectivity index (χ4n) is 3.83. The lowest BCUT2D eigenvalue weighted by Gasteiger charge is -2.23. The molecule has 1 aliphatic rings. The molecule has 0 bridgehead atoms. The summed E-state index contributed by atoms with van der Waals surface area (Å²) in [5.74, 6) is 0.0488. The summed E-state index contributed by atoms with van der Waals surface area (Å²) in [7, 11) is 1.55. The van der Waals surface area contributed by atoms with Crippen molar-refractivity contribution in [3.8, 4) is 5.75 Å². The molecule has 0 aliphatic heterocycles. The van der Waals surface area contributed by atoms with Crippen LogP contribution in [-0.2, 0) is 17.8 Å². The summed E-state index contributed by atoms with van der Waals surface area (Å²) >= 11 is 6.15. The maximum absolute atomic E-state index is 14.2. The summed E-state index contributed by atoms with van der Waals surface area (Å²) in [6.45, 7) is 1.98. The molecule has 0 N–H and O–H groups in total. The third-order valence-corrected chi connectivity index (χ3v) is 6.14. The van der Waals surface area contributed by atoms with Crippen molar-refractivity contribution in [3.63, 3.8) is 0 Å². The van der Waals surface area contributed by atoms with Crippen molar-refractivity contribution < 1.29 is 18.3 Å². The van der Waals surface area contributed by atoms with E-state index in [9.17, 15) is 14.0 Å². The molecule has 0 atom stereocenters. The Morgan fingerprint density at radius 3 is 2.71 bits per heavy atom. The van der Waals surface area contributed by atoms with Crippen LogP contribution in [0, 0.1) is 12.7 Å². The molecular weight excluding hydrogens is 421 g/mol. The van der Waals surface area contributed by atoms with Crippen LogP contribution in [0.25, 0.3) is 11.0 Å². The average Bonchev–Trinajstić information content (AvgIpc) is 3.58. The number of carbonyl (C=O) groups is 1. The van der Waals surface area contributed by atoms with E-state index < -0.39 is 11.4 Å². The number of halogens is 2. The van der Waals surface area contributed by atoms with Gasteiger partial charge in [-0.05, 0) is 56.0 Å². The van der Waals surface area contributed by atoms with Crippen LogP contribution in [0.3, 0.4) is 0 Å². The van der Waals surface area contributed by atoms with Crippen molar-refractivity contribution in [1.29, 1.82) is 0 Å². The Labute approximate surface area is 184 Å². The number of carbonyl (C=O) groups excluding carboxylic acids is 1. The van der Waals surface area contributed by atoms with E-state index in [0.29, 0.717) is 27.5 Å². The number of amides is 1. The number of hydrogen-bond acceptors (Lipinski definition) is 4. The number of benzene rings is 2. The topological polar surface area (TPSA) is 59.8 Å². The quantitative estimate of drug-likeness (QED) is 0.481. The normalized spacial score (nSPS) is 13.4. The smallest absolute Gasteiger partial charge is 0.339 e. The number of nitrogens with zero attached hydrogens (tertiary/aromatic N) is 1. The predicted octanol–water partition coefficient (Wildman–Crippen LogP) is 5.03. The largest absolute Gasteiger partial charge is 0.497 e. The van der Waals surface area contributed by atoms with Gasteiger partial charge in [0.2, 0.25) is 5.91 Å². The molecule has 5 nitrogen and oxygen atoms in total. The van der Waals surface area contributed by atoms with Crippen molar-refractivity contribution in [2.24, 2.45) is 0 Å². The molecular formula is C24H23ClFNO4. The Morgan fingerprint density at radius 1 is 1.26 bits per heavy atom. The fraction of sp³-hybridized carbons (Fsp3) is 0.333. The van der Waals surface area contributed by atoms with Crippen molar-refractivity contribution in [2.75, 3.05) is 7.11 Å². The highest BCUT2D eigenvalue weighted by molar-refractivity contribution is 6.31. The van der Waals surface area contributed by atoms with Gasteiger partial charge < -0.3 is 14.1 Å². The van der Waals surface area contributed by atoms with E-state index in [1.807, 2.05) is 13.0 Å². The van der Waals surface area contributed by atoms with E-state index >= 15 is 0 Å². The lowest BCUT2D eigenvalue weighted by Crippen LogP contribution is -2.33. The number of ether oxygens (including phenoxy) is 1. The molecule has 2 aromatic carbocycles. The average molecular weight is 444 g/mol. The summed E-state index contributed by atoms with van der Waals surface area (Å²) in [6.07, 6.45) is 2.16. The standard InChI is InChI=1S/C24H23ClFNO4/c1-14-17-9-8-16(30-2)12-22(17)31-24(29)18(14)10-11-23(28)27(15-6-7-15)13-19-20(25)4-3-5-21(19)26/h3-5,8-9,12,15H,6-7,10-11,13H2,1-2H3. The number of hydrogen-bond donors (Lipinski definition) is 0. The maximum Gasteiger partial charge on any atom is 0.339 e. The van der Waals surface area contributed by atoms with Gasteiger partial charge in [-0.25, -0.2) is 9.18 Å². The second kappa shape index (κ2) is 8.71. The Kier molecular flexibility index (Phi) is 6.01. The molecule has 1 fully saturated rings. The van der Waals surface area contributed by atoms with Crippen LogP contribution in [0.4, 0.5) is 4.39 Å². The van der Waals surface area contributed by atoms with Gasteiger partial charge in [0.15, 0.2) is 0 Å². The lowest BCUT2D eigenvalue weighted by atomic mass is 10.0. The van der Waals surface area contributed by atoms with Crippen molar-refractivity contribution in [1.82, 2.24) is 4.90 Å². The summed E-state index contributed by atoms with van der Waals surface area (Å²) in [6, 6.07) is 9.91. The van der Waals surface area contributed by atoms with Gasteiger partial charge in [0, 0.05) is 40.1 Å². The number of methoxy groups -OCH3 is 1. The highest BCUT2D eigenvalue weighted by atomic mass is 35.5. The van der Waals surface area contributed by atoms with E-state index in [-0.39, 0.29) is 31.3 Å². The summed E-state index contributed by atoms with van der Waals surface area (Å²) in [5.41, 5.74) is 1.58. The molecule has 0 saturated heterocycles. The molecule has 1 amide bonds. The van der Waals surface area contributed by atoms with Gasteiger partial charge in [0.1, 0.15) is 17.1 Å². The van der Waals surface area contributed by atoms with Crippen LogP contribution in [0.15, 0.2) is 45.6 Å². The predicted molar refractivity (Wildman–Crippen MR) is 117 cm³/mol. The highest BCUT2D eigenvalue weighted by Crippen LogP contribution is 2.32. The first kappa shape index (κ1) is 21.4. The van der Waals surface area contributed by atoms with E-state index in [2.05, 4.69) is 0 Å². The molecule has 162 valence electrons. The first-order chi connectivity index (χ1) is 14.9. The zero-order chi connectivity index (χ0) is 22.1. The first-order valence-corrected chi connectivity index (χ1v) is 10.6. The molecule has 4 rings (SSSR count). The molecule has 1 heterocycles. The minimum Gasteiger partial charge on any atom is -0.497 e. The molecule has 0 unspecified atom stereocenters. The molecule has 3 aromatic rings. The molecule has 0 radical (unpaired) electrons. The second-order valence-corrected chi connectivity index (χ2v) is 8.22. The second-order valence-electron chi connectivity index (χ2n) is 7.81. The van der Waals surface area contributed by atoms with E-state index in [4.69, 9.17) is 20.8 Å². The summed E-state index contributed by atoms with van der Waals surface area (Å²) in [5, 5.41) is 1.11. The maximum atomic E-state index is 14.2. The van der Waals surface area contributed by atoms with Crippen LogP contribution < -0.4 is 10.4 Å². The highest BCUT2D eigenvalue weighted by Gasteiger charge is 2.33. The van der Waals surface area contributed by atoms with Gasteiger partial charge in [-0.3, -0.25) is 4.79 Å². The van der Waals surface area contributed by atoms with Crippen LogP contribution in [0.5, 0.6) is 5.75 Å². The number of aryl methyl sites for hydroxylation is 1. The van der Waals surface area contributed by atoms with Gasteiger partial charge in [-0.15, -0.1) is 0 Å². The Bertz CT molecular complexity index is 1180. The summed E-state index contributed by atoms with van der Waals surface area (Å²) < 4.78 is 24.9. The molecule has 1 aliphatic carbocycles. The van der Waals surface area contributed by atoms with Gasteiger partial charge in [0.05, 0.1) is 13.7 Å². The Morgan fingerprint density at radius 2 is 2.03 bits per heavy atom. The fourth-order valence-corrected chi connectivity index (χ4v) is 4.05. The third-order valence-electron chi connectivity index (χ3n) is 5.78. The number of rotatable bonds is 7. The molecule has 1 saturated carbocycles. The van der Waals surface area contributed by atoms with E-state index in [0.717, 1.165) is 23.8 Å². The first-order valence-electron chi connectivity index (χ1n) is 10.2. The van der Waals surface area contributed by atoms with E-state index in [1.54, 1.807) is 36.3 Å². The minimum atomic E-state index is -0.457. The van der Waals surface area contributed by atoms with E-state index in [1.165, 1.54) is 6.07 Å². The third kappa shape index (κ3) is 4.44. The van der Waals surface area contributed by atoms with Gasteiger partial charge in [-0.1, -0.05) is 17.7 Å². The molecule has 1 aromatic heterocycles. The SMILES string of the molecule is COc1ccc2c(C)c(CCC(=O)N(Cc3c(F)cccc3Cl)C3CC3)c(=O)oc2c1. The molecule has 31 heavy (non-hydrogen) atoms. The summed E-state index contributed by atoms with van der Waals surface area (Å²) in [4.78, 5) is 27.2. The minimum absolute atomic E-state index is 0.0877. The van der Waals surface area contributed by atoms with Crippen molar-refractivity contribution in [2.45, 2.75) is 45.2 Å². The van der Waals surface area contributed by atoms with Crippen LogP contribution in [0.2, 0.25) is 5.02 Å². The van der Waals surface area contributed by atoms with Gasteiger partial charge >= 0.3 is 5.63 Å². The Balaban J connectivity index is 1.54.